The largest absolute Gasteiger partial charge is 0.460 e. The zero-order valence-electron chi connectivity index (χ0n) is 13.3. The third kappa shape index (κ3) is 4.14. The summed E-state index contributed by atoms with van der Waals surface area (Å²) in [5.74, 6) is 1.11. The third-order valence-electron chi connectivity index (χ3n) is 3.65. The molecule has 1 heterocycles. The molecule has 1 aliphatic heterocycles. The van der Waals surface area contributed by atoms with Gasteiger partial charge in [0.15, 0.2) is 11.5 Å². The van der Waals surface area contributed by atoms with E-state index >= 15 is 0 Å². The molecule has 2 aromatic rings. The lowest BCUT2D eigenvalue weighted by atomic mass is 10.1. The van der Waals surface area contributed by atoms with E-state index in [0.717, 1.165) is 16.7 Å². The summed E-state index contributed by atoms with van der Waals surface area (Å²) >= 11 is 0. The minimum absolute atomic E-state index is 0.160. The van der Waals surface area contributed by atoms with E-state index in [4.69, 9.17) is 14.2 Å². The zero-order chi connectivity index (χ0) is 16.8. The van der Waals surface area contributed by atoms with Crippen molar-refractivity contribution in [3.63, 3.8) is 0 Å². The molecule has 0 amide bonds. The summed E-state index contributed by atoms with van der Waals surface area (Å²) in [5.41, 5.74) is 3.04. The number of fused-ring (bicyclic) bond motifs is 1. The van der Waals surface area contributed by atoms with Gasteiger partial charge in [-0.25, -0.2) is 0 Å². The van der Waals surface area contributed by atoms with Crippen LogP contribution in [0.25, 0.3) is 6.08 Å². The summed E-state index contributed by atoms with van der Waals surface area (Å²) in [6.07, 6.45) is 1.80. The van der Waals surface area contributed by atoms with Crippen molar-refractivity contribution in [2.75, 3.05) is 13.3 Å². The van der Waals surface area contributed by atoms with E-state index in [9.17, 15) is 4.79 Å². The molecule has 0 spiro atoms. The Balaban J connectivity index is 1.40. The van der Waals surface area contributed by atoms with Crippen molar-refractivity contribution in [1.82, 2.24) is 5.32 Å². The van der Waals surface area contributed by atoms with Gasteiger partial charge in [-0.1, -0.05) is 43.0 Å². The molecule has 24 heavy (non-hydrogen) atoms. The van der Waals surface area contributed by atoms with Crippen LogP contribution in [-0.4, -0.2) is 19.3 Å². The number of rotatable bonds is 7. The fraction of sp³-hybridized carbons (Fsp3) is 0.211. The molecule has 0 aromatic heterocycles. The van der Waals surface area contributed by atoms with Crippen LogP contribution in [0.1, 0.15) is 16.7 Å². The third-order valence-corrected chi connectivity index (χ3v) is 3.65. The molecule has 2 aromatic carbocycles. The highest BCUT2D eigenvalue weighted by atomic mass is 16.7. The lowest BCUT2D eigenvalue weighted by Gasteiger charge is -2.07. The van der Waals surface area contributed by atoms with Crippen molar-refractivity contribution >= 4 is 12.0 Å². The molecule has 0 fully saturated rings. The summed E-state index contributed by atoms with van der Waals surface area (Å²) < 4.78 is 15.8. The maximum absolute atomic E-state index is 11.8. The zero-order valence-corrected chi connectivity index (χ0v) is 13.3. The fourth-order valence-electron chi connectivity index (χ4n) is 2.33. The highest BCUT2D eigenvalue weighted by Gasteiger charge is 2.13. The van der Waals surface area contributed by atoms with Crippen LogP contribution in [0.2, 0.25) is 0 Å². The quantitative estimate of drug-likeness (QED) is 0.793. The lowest BCUT2D eigenvalue weighted by molar-refractivity contribution is -0.143. The molecular formula is C19H19NO4. The predicted octanol–water partition coefficient (Wildman–Crippen LogP) is 2.89. The van der Waals surface area contributed by atoms with Crippen LogP contribution in [0.15, 0.2) is 49.0 Å². The number of ether oxygens (including phenoxy) is 3. The molecule has 1 aliphatic rings. The van der Waals surface area contributed by atoms with Crippen molar-refractivity contribution in [3.05, 3.63) is 65.7 Å². The molecule has 0 atom stereocenters. The SMILES string of the molecule is C=Cc1ccc(CNCC(=O)OCc2ccc3c(c2)OCO3)cc1. The van der Waals surface area contributed by atoms with Gasteiger partial charge in [0.05, 0.1) is 6.54 Å². The Kier molecular flexibility index (Phi) is 5.13. The molecule has 3 rings (SSSR count). The van der Waals surface area contributed by atoms with Crippen LogP contribution >= 0.6 is 0 Å². The Labute approximate surface area is 140 Å². The van der Waals surface area contributed by atoms with Gasteiger partial charge < -0.3 is 19.5 Å². The Morgan fingerprint density at radius 2 is 1.88 bits per heavy atom. The van der Waals surface area contributed by atoms with Gasteiger partial charge in [-0.3, -0.25) is 4.79 Å². The number of hydrogen-bond acceptors (Lipinski definition) is 5. The number of carbonyl (C=O) groups excluding carboxylic acids is 1. The Morgan fingerprint density at radius 1 is 1.12 bits per heavy atom. The van der Waals surface area contributed by atoms with E-state index in [1.165, 1.54) is 0 Å². The molecule has 5 heteroatoms. The molecule has 0 saturated carbocycles. The van der Waals surface area contributed by atoms with E-state index in [0.29, 0.717) is 18.0 Å². The molecule has 0 radical (unpaired) electrons. The average molecular weight is 325 g/mol. The monoisotopic (exact) mass is 325 g/mol. The van der Waals surface area contributed by atoms with Crippen LogP contribution in [0.5, 0.6) is 11.5 Å². The smallest absolute Gasteiger partial charge is 0.320 e. The van der Waals surface area contributed by atoms with E-state index in [1.807, 2.05) is 42.5 Å². The number of esters is 1. The Morgan fingerprint density at radius 3 is 2.67 bits per heavy atom. The van der Waals surface area contributed by atoms with Crippen molar-refractivity contribution in [1.29, 1.82) is 0 Å². The highest BCUT2D eigenvalue weighted by Crippen LogP contribution is 2.32. The van der Waals surface area contributed by atoms with E-state index in [2.05, 4.69) is 11.9 Å². The van der Waals surface area contributed by atoms with E-state index < -0.39 is 0 Å². The summed E-state index contributed by atoms with van der Waals surface area (Å²) in [6.45, 7) is 4.93. The standard InChI is InChI=1S/C19H19NO4/c1-2-14-3-5-15(6-4-14)10-20-11-19(21)22-12-16-7-8-17-18(9-16)24-13-23-17/h2-9,20H,1,10-13H2. The van der Waals surface area contributed by atoms with E-state index in [1.54, 1.807) is 6.08 Å². The first kappa shape index (κ1) is 16.1. The Hall–Kier alpha value is -2.79. The van der Waals surface area contributed by atoms with Crippen LogP contribution in [-0.2, 0) is 22.7 Å². The van der Waals surface area contributed by atoms with Crippen LogP contribution in [0.4, 0.5) is 0 Å². The first-order chi connectivity index (χ1) is 11.7. The van der Waals surface area contributed by atoms with Gasteiger partial charge in [0, 0.05) is 6.54 Å². The number of benzene rings is 2. The van der Waals surface area contributed by atoms with Gasteiger partial charge in [0.25, 0.3) is 0 Å². The molecule has 0 unspecified atom stereocenters. The minimum atomic E-state index is -0.296. The maximum atomic E-state index is 11.8. The second kappa shape index (κ2) is 7.66. The molecule has 0 bridgehead atoms. The van der Waals surface area contributed by atoms with Crippen LogP contribution in [0, 0.1) is 0 Å². The number of nitrogens with one attached hydrogen (secondary N) is 1. The molecule has 5 nitrogen and oxygen atoms in total. The van der Waals surface area contributed by atoms with Gasteiger partial charge in [-0.15, -0.1) is 0 Å². The molecular weight excluding hydrogens is 306 g/mol. The maximum Gasteiger partial charge on any atom is 0.320 e. The second-order valence-corrected chi connectivity index (χ2v) is 5.40. The number of carbonyl (C=O) groups is 1. The molecule has 0 saturated heterocycles. The van der Waals surface area contributed by atoms with Crippen LogP contribution < -0.4 is 14.8 Å². The predicted molar refractivity (Wildman–Crippen MR) is 90.6 cm³/mol. The van der Waals surface area contributed by atoms with Gasteiger partial charge >= 0.3 is 5.97 Å². The van der Waals surface area contributed by atoms with Gasteiger partial charge in [0.1, 0.15) is 6.61 Å². The second-order valence-electron chi connectivity index (χ2n) is 5.40. The Bertz CT molecular complexity index is 725. The first-order valence-electron chi connectivity index (χ1n) is 7.71. The average Bonchev–Trinajstić information content (AvgIpc) is 3.08. The minimum Gasteiger partial charge on any atom is -0.460 e. The van der Waals surface area contributed by atoms with E-state index in [-0.39, 0.29) is 25.9 Å². The first-order valence-corrected chi connectivity index (χ1v) is 7.71. The summed E-state index contributed by atoms with van der Waals surface area (Å²) in [6, 6.07) is 13.5. The van der Waals surface area contributed by atoms with Crippen LogP contribution in [0.3, 0.4) is 0 Å². The fourth-order valence-corrected chi connectivity index (χ4v) is 2.33. The molecule has 0 aliphatic carbocycles. The van der Waals surface area contributed by atoms with Gasteiger partial charge in [0.2, 0.25) is 6.79 Å². The normalized spacial score (nSPS) is 12.0. The lowest BCUT2D eigenvalue weighted by Crippen LogP contribution is -2.24. The van der Waals surface area contributed by atoms with Gasteiger partial charge in [-0.2, -0.15) is 0 Å². The molecule has 1 N–H and O–H groups in total. The van der Waals surface area contributed by atoms with Crippen molar-refractivity contribution in [2.24, 2.45) is 0 Å². The van der Waals surface area contributed by atoms with Gasteiger partial charge in [-0.05, 0) is 28.8 Å². The topological polar surface area (TPSA) is 56.8 Å². The summed E-state index contributed by atoms with van der Waals surface area (Å²) in [7, 11) is 0. The van der Waals surface area contributed by atoms with Crippen molar-refractivity contribution in [2.45, 2.75) is 13.2 Å². The summed E-state index contributed by atoms with van der Waals surface area (Å²) in [4.78, 5) is 11.8. The summed E-state index contributed by atoms with van der Waals surface area (Å²) in [5, 5.41) is 3.07. The van der Waals surface area contributed by atoms with Crippen molar-refractivity contribution < 1.29 is 19.0 Å². The number of hydrogen-bond donors (Lipinski definition) is 1. The van der Waals surface area contributed by atoms with Crippen molar-refractivity contribution in [3.8, 4) is 11.5 Å². The molecule has 124 valence electrons. The highest BCUT2D eigenvalue weighted by molar-refractivity contribution is 5.71.